The highest BCUT2D eigenvalue weighted by molar-refractivity contribution is 9.10. The van der Waals surface area contributed by atoms with Crippen molar-refractivity contribution >= 4 is 15.9 Å². The molecule has 1 aromatic rings. The minimum absolute atomic E-state index is 0.236. The van der Waals surface area contributed by atoms with Crippen LogP contribution < -0.4 is 10.1 Å². The molecular formula is C15H24BrNO2. The van der Waals surface area contributed by atoms with E-state index in [0.29, 0.717) is 13.0 Å². The number of aliphatic hydroxyl groups is 1. The Hall–Kier alpha value is -0.580. The SMILES string of the molecule is CCNC(C)c1cc(Br)ccc1OCCC(C)(C)O. The molecule has 19 heavy (non-hydrogen) atoms. The molecule has 0 aliphatic heterocycles. The molecule has 1 aromatic carbocycles. The lowest BCUT2D eigenvalue weighted by Crippen LogP contribution is -2.23. The smallest absolute Gasteiger partial charge is 0.124 e. The Morgan fingerprint density at radius 3 is 2.68 bits per heavy atom. The zero-order chi connectivity index (χ0) is 14.5. The van der Waals surface area contributed by atoms with Gasteiger partial charge in [0.2, 0.25) is 0 Å². The number of benzene rings is 1. The number of ether oxygens (including phenoxy) is 1. The van der Waals surface area contributed by atoms with E-state index in [-0.39, 0.29) is 6.04 Å². The number of halogens is 1. The van der Waals surface area contributed by atoms with Gasteiger partial charge in [-0.15, -0.1) is 0 Å². The summed E-state index contributed by atoms with van der Waals surface area (Å²) in [6.07, 6.45) is 0.609. The van der Waals surface area contributed by atoms with Crippen LogP contribution in [0.5, 0.6) is 5.75 Å². The van der Waals surface area contributed by atoms with Crippen LogP contribution >= 0.6 is 15.9 Å². The maximum absolute atomic E-state index is 9.70. The standard InChI is InChI=1S/C15H24BrNO2/c1-5-17-11(2)13-10-12(16)6-7-14(13)19-9-8-15(3,4)18/h6-7,10-11,17-18H,5,8-9H2,1-4H3. The molecule has 0 radical (unpaired) electrons. The summed E-state index contributed by atoms with van der Waals surface area (Å²) in [5, 5.41) is 13.1. The zero-order valence-electron chi connectivity index (χ0n) is 12.2. The maximum Gasteiger partial charge on any atom is 0.124 e. The zero-order valence-corrected chi connectivity index (χ0v) is 13.8. The van der Waals surface area contributed by atoms with Gasteiger partial charge in [0.05, 0.1) is 12.2 Å². The second-order valence-electron chi connectivity index (χ2n) is 5.37. The lowest BCUT2D eigenvalue weighted by atomic mass is 10.1. The van der Waals surface area contributed by atoms with Gasteiger partial charge in [0, 0.05) is 22.5 Å². The summed E-state index contributed by atoms with van der Waals surface area (Å²) < 4.78 is 6.86. The molecule has 0 bridgehead atoms. The Morgan fingerprint density at radius 1 is 1.42 bits per heavy atom. The van der Waals surface area contributed by atoms with E-state index in [9.17, 15) is 5.11 Å². The van der Waals surface area contributed by atoms with Gasteiger partial charge in [0.25, 0.3) is 0 Å². The molecule has 4 heteroatoms. The van der Waals surface area contributed by atoms with Gasteiger partial charge in [-0.1, -0.05) is 22.9 Å². The summed E-state index contributed by atoms with van der Waals surface area (Å²) in [5.41, 5.74) is 0.440. The van der Waals surface area contributed by atoms with Gasteiger partial charge in [-0.2, -0.15) is 0 Å². The minimum Gasteiger partial charge on any atom is -0.493 e. The van der Waals surface area contributed by atoms with Crippen molar-refractivity contribution in [1.29, 1.82) is 0 Å². The molecule has 1 unspecified atom stereocenters. The summed E-state index contributed by atoms with van der Waals surface area (Å²) in [7, 11) is 0. The van der Waals surface area contributed by atoms with E-state index in [1.54, 1.807) is 13.8 Å². The van der Waals surface area contributed by atoms with Crippen LogP contribution in [0.2, 0.25) is 0 Å². The van der Waals surface area contributed by atoms with E-state index in [1.807, 2.05) is 12.1 Å². The fourth-order valence-electron chi connectivity index (χ4n) is 1.82. The predicted octanol–water partition coefficient (Wildman–Crippen LogP) is 3.66. The number of nitrogens with one attached hydrogen (secondary N) is 1. The summed E-state index contributed by atoms with van der Waals surface area (Å²) in [5.74, 6) is 0.876. The van der Waals surface area contributed by atoms with Crippen molar-refractivity contribution in [3.05, 3.63) is 28.2 Å². The largest absolute Gasteiger partial charge is 0.493 e. The van der Waals surface area contributed by atoms with Crippen molar-refractivity contribution < 1.29 is 9.84 Å². The van der Waals surface area contributed by atoms with Gasteiger partial charge in [-0.05, 0) is 45.5 Å². The molecule has 0 fully saturated rings. The number of hydrogen-bond donors (Lipinski definition) is 2. The third-order valence-corrected chi connectivity index (χ3v) is 3.41. The Balaban J connectivity index is 2.76. The van der Waals surface area contributed by atoms with Crippen LogP contribution in [0, 0.1) is 0 Å². The Bertz CT molecular complexity index is 402. The van der Waals surface area contributed by atoms with Gasteiger partial charge in [-0.25, -0.2) is 0 Å². The second-order valence-corrected chi connectivity index (χ2v) is 6.29. The van der Waals surface area contributed by atoms with Crippen molar-refractivity contribution in [3.8, 4) is 5.75 Å². The van der Waals surface area contributed by atoms with Crippen LogP contribution in [0.3, 0.4) is 0 Å². The van der Waals surface area contributed by atoms with Crippen LogP contribution in [0.4, 0.5) is 0 Å². The predicted molar refractivity (Wildman–Crippen MR) is 82.6 cm³/mol. The van der Waals surface area contributed by atoms with Gasteiger partial charge >= 0.3 is 0 Å². The molecule has 1 atom stereocenters. The summed E-state index contributed by atoms with van der Waals surface area (Å²) in [4.78, 5) is 0. The average molecular weight is 330 g/mol. The third-order valence-electron chi connectivity index (χ3n) is 2.92. The molecule has 0 heterocycles. The van der Waals surface area contributed by atoms with Gasteiger partial charge < -0.3 is 15.2 Å². The van der Waals surface area contributed by atoms with E-state index in [1.165, 1.54) is 0 Å². The summed E-state index contributed by atoms with van der Waals surface area (Å²) >= 11 is 3.49. The molecule has 0 spiro atoms. The third kappa shape index (κ3) is 5.93. The van der Waals surface area contributed by atoms with Gasteiger partial charge in [-0.3, -0.25) is 0 Å². The Labute approximate surface area is 124 Å². The van der Waals surface area contributed by atoms with E-state index in [4.69, 9.17) is 4.74 Å². The van der Waals surface area contributed by atoms with Gasteiger partial charge in [0.15, 0.2) is 0 Å². The first-order valence-electron chi connectivity index (χ1n) is 6.71. The van der Waals surface area contributed by atoms with E-state index in [2.05, 4.69) is 41.2 Å². The molecule has 0 saturated carbocycles. The van der Waals surface area contributed by atoms with Crippen LogP contribution in [0.15, 0.2) is 22.7 Å². The molecule has 2 N–H and O–H groups in total. The second kappa shape index (κ2) is 7.27. The highest BCUT2D eigenvalue weighted by Crippen LogP contribution is 2.29. The Kier molecular flexibility index (Phi) is 6.30. The summed E-state index contributed by atoms with van der Waals surface area (Å²) in [6.45, 7) is 9.21. The van der Waals surface area contributed by atoms with Crippen molar-refractivity contribution in [2.24, 2.45) is 0 Å². The van der Waals surface area contributed by atoms with Crippen molar-refractivity contribution in [1.82, 2.24) is 5.32 Å². The molecule has 0 aromatic heterocycles. The topological polar surface area (TPSA) is 41.5 Å². The molecule has 108 valence electrons. The molecule has 3 nitrogen and oxygen atoms in total. The number of hydrogen-bond acceptors (Lipinski definition) is 3. The van der Waals surface area contributed by atoms with Crippen LogP contribution in [0.1, 0.15) is 45.7 Å². The number of rotatable bonds is 7. The van der Waals surface area contributed by atoms with Crippen molar-refractivity contribution in [2.45, 2.75) is 45.8 Å². The maximum atomic E-state index is 9.70. The molecule has 0 aliphatic carbocycles. The molecule has 1 rings (SSSR count). The van der Waals surface area contributed by atoms with Crippen molar-refractivity contribution in [3.63, 3.8) is 0 Å². The van der Waals surface area contributed by atoms with E-state index < -0.39 is 5.60 Å². The highest BCUT2D eigenvalue weighted by Gasteiger charge is 2.15. The summed E-state index contributed by atoms with van der Waals surface area (Å²) in [6, 6.07) is 6.26. The van der Waals surface area contributed by atoms with Crippen LogP contribution in [0.25, 0.3) is 0 Å². The highest BCUT2D eigenvalue weighted by atomic mass is 79.9. The van der Waals surface area contributed by atoms with Crippen LogP contribution in [-0.4, -0.2) is 23.9 Å². The van der Waals surface area contributed by atoms with E-state index >= 15 is 0 Å². The monoisotopic (exact) mass is 329 g/mol. The first-order chi connectivity index (χ1) is 8.83. The molecule has 0 saturated heterocycles. The average Bonchev–Trinajstić information content (AvgIpc) is 2.29. The first-order valence-corrected chi connectivity index (χ1v) is 7.51. The fraction of sp³-hybridized carbons (Fsp3) is 0.600. The lowest BCUT2D eigenvalue weighted by Gasteiger charge is -2.20. The lowest BCUT2D eigenvalue weighted by molar-refractivity contribution is 0.0551. The fourth-order valence-corrected chi connectivity index (χ4v) is 2.19. The quantitative estimate of drug-likeness (QED) is 0.802. The van der Waals surface area contributed by atoms with E-state index in [0.717, 1.165) is 22.3 Å². The van der Waals surface area contributed by atoms with Crippen molar-refractivity contribution in [2.75, 3.05) is 13.2 Å². The molecule has 0 aliphatic rings. The first kappa shape index (κ1) is 16.5. The molecule has 0 amide bonds. The normalized spacial score (nSPS) is 13.4. The molecular weight excluding hydrogens is 306 g/mol. The van der Waals surface area contributed by atoms with Crippen LogP contribution in [-0.2, 0) is 0 Å². The Morgan fingerprint density at radius 2 is 2.11 bits per heavy atom. The van der Waals surface area contributed by atoms with Gasteiger partial charge in [0.1, 0.15) is 5.75 Å². The minimum atomic E-state index is -0.692.